The molecule has 0 aromatic rings. The van der Waals surface area contributed by atoms with Crippen LogP contribution in [0.4, 0.5) is 0 Å². The average Bonchev–Trinajstić information content (AvgIpc) is 2.76. The molecule has 0 atom stereocenters. The molecule has 0 N–H and O–H groups in total. The summed E-state index contributed by atoms with van der Waals surface area (Å²) in [6.07, 6.45) is 35.7. The Kier molecular flexibility index (Phi) is 26.4. The maximum absolute atomic E-state index is 11.2. The van der Waals surface area contributed by atoms with Crippen molar-refractivity contribution in [3.63, 3.8) is 0 Å². The second-order valence-electron chi connectivity index (χ2n) is 9.77. The van der Waals surface area contributed by atoms with E-state index in [4.69, 9.17) is 0 Å². The smallest absolute Gasteiger partial charge is 0.132 e. The molecule has 1 heteroatoms. The minimum Gasteiger partial charge on any atom is -0.300 e. The molecule has 0 fully saturated rings. The van der Waals surface area contributed by atoms with Gasteiger partial charge in [0.2, 0.25) is 0 Å². The van der Waals surface area contributed by atoms with E-state index in [0.717, 1.165) is 19.3 Å². The highest BCUT2D eigenvalue weighted by atomic mass is 16.1. The molecule has 1 nitrogen and oxygen atoms in total. The fraction of sp³-hybridized carbons (Fsp3) is 0.966. The van der Waals surface area contributed by atoms with Gasteiger partial charge in [0, 0.05) is 12.8 Å². The van der Waals surface area contributed by atoms with Gasteiger partial charge in [0.25, 0.3) is 0 Å². The summed E-state index contributed by atoms with van der Waals surface area (Å²) in [7, 11) is 0. The molecule has 0 aromatic heterocycles. The van der Waals surface area contributed by atoms with Gasteiger partial charge in [-0.1, -0.05) is 162 Å². The molecular weight excluding hydrogens is 364 g/mol. The first-order valence-electron chi connectivity index (χ1n) is 14.3. The molecule has 0 aliphatic rings. The van der Waals surface area contributed by atoms with E-state index in [1.165, 1.54) is 148 Å². The van der Waals surface area contributed by atoms with Crippen LogP contribution in [0, 0.1) is 0 Å². The summed E-state index contributed by atoms with van der Waals surface area (Å²) in [5.74, 6) is 0.439. The van der Waals surface area contributed by atoms with E-state index in [-0.39, 0.29) is 0 Å². The van der Waals surface area contributed by atoms with E-state index >= 15 is 0 Å². The Bertz CT molecular complexity index is 322. The maximum Gasteiger partial charge on any atom is 0.132 e. The lowest BCUT2D eigenvalue weighted by atomic mass is 10.0. The van der Waals surface area contributed by atoms with Crippen molar-refractivity contribution >= 4 is 5.78 Å². The molecule has 0 aliphatic heterocycles. The van der Waals surface area contributed by atoms with Crippen LogP contribution in [0.15, 0.2) is 0 Å². The summed E-state index contributed by atoms with van der Waals surface area (Å²) in [5, 5.41) is 0. The van der Waals surface area contributed by atoms with Crippen molar-refractivity contribution in [3.05, 3.63) is 0 Å². The van der Waals surface area contributed by atoms with Crippen LogP contribution in [-0.4, -0.2) is 5.78 Å². The van der Waals surface area contributed by atoms with Crippen LogP contribution >= 0.6 is 0 Å². The van der Waals surface area contributed by atoms with Crippen LogP contribution in [-0.2, 0) is 4.79 Å². The van der Waals surface area contributed by atoms with Crippen molar-refractivity contribution < 1.29 is 4.79 Å². The van der Waals surface area contributed by atoms with Crippen molar-refractivity contribution in [1.29, 1.82) is 0 Å². The fourth-order valence-corrected chi connectivity index (χ4v) is 4.46. The van der Waals surface area contributed by atoms with Crippen LogP contribution in [0.5, 0.6) is 0 Å². The van der Waals surface area contributed by atoms with E-state index in [1.807, 2.05) is 6.92 Å². The number of rotatable bonds is 26. The van der Waals surface area contributed by atoms with Crippen molar-refractivity contribution in [2.24, 2.45) is 0 Å². The van der Waals surface area contributed by atoms with E-state index in [1.54, 1.807) is 0 Å². The lowest BCUT2D eigenvalue weighted by molar-refractivity contribution is -0.118. The van der Waals surface area contributed by atoms with Crippen molar-refractivity contribution in [1.82, 2.24) is 0 Å². The molecule has 0 saturated carbocycles. The summed E-state index contributed by atoms with van der Waals surface area (Å²) in [6.45, 7) is 4.27. The molecule has 0 unspecified atom stereocenters. The first-order chi connectivity index (χ1) is 14.8. The van der Waals surface area contributed by atoms with Gasteiger partial charge in [0.1, 0.15) is 5.78 Å². The van der Waals surface area contributed by atoms with Gasteiger partial charge in [0.05, 0.1) is 0 Å². The highest BCUT2D eigenvalue weighted by Crippen LogP contribution is 2.15. The first-order valence-corrected chi connectivity index (χ1v) is 14.3. The SMILES string of the molecule is CCCCCCCCCCCCCCCCCCCCCCCCCCC(=O)CC. The largest absolute Gasteiger partial charge is 0.300 e. The Morgan fingerprint density at radius 3 is 0.833 bits per heavy atom. The molecular formula is C29H58O. The molecule has 0 aromatic carbocycles. The molecule has 0 saturated heterocycles. The first kappa shape index (κ1) is 29.7. The Balaban J connectivity index is 3.01. The Labute approximate surface area is 191 Å². The third-order valence-corrected chi connectivity index (χ3v) is 6.70. The quantitative estimate of drug-likeness (QED) is 0.127. The van der Waals surface area contributed by atoms with Gasteiger partial charge in [-0.3, -0.25) is 4.79 Å². The van der Waals surface area contributed by atoms with Crippen LogP contribution < -0.4 is 0 Å². The zero-order chi connectivity index (χ0) is 22.0. The normalized spacial score (nSPS) is 11.3. The Morgan fingerprint density at radius 1 is 0.367 bits per heavy atom. The number of ketones is 1. The van der Waals surface area contributed by atoms with Crippen molar-refractivity contribution in [2.45, 2.75) is 181 Å². The standard InChI is InChI=1S/C29H58O/c1-3-5-6-7-8-9-10-11-12-13-14-15-16-17-18-19-20-21-22-23-24-25-26-27-28-29(30)4-2/h3-28H2,1-2H3. The highest BCUT2D eigenvalue weighted by molar-refractivity contribution is 5.77. The molecule has 0 aliphatic carbocycles. The Hall–Kier alpha value is -0.330. The molecule has 0 heterocycles. The topological polar surface area (TPSA) is 17.1 Å². The van der Waals surface area contributed by atoms with Crippen LogP contribution in [0.25, 0.3) is 0 Å². The van der Waals surface area contributed by atoms with Crippen LogP contribution in [0.2, 0.25) is 0 Å². The van der Waals surface area contributed by atoms with Crippen molar-refractivity contribution in [3.8, 4) is 0 Å². The monoisotopic (exact) mass is 422 g/mol. The zero-order valence-electron chi connectivity index (χ0n) is 21.3. The predicted molar refractivity (Wildman–Crippen MR) is 136 cm³/mol. The molecule has 0 radical (unpaired) electrons. The van der Waals surface area contributed by atoms with Gasteiger partial charge in [-0.05, 0) is 6.42 Å². The second-order valence-corrected chi connectivity index (χ2v) is 9.77. The number of carbonyl (C=O) groups excluding carboxylic acids is 1. The number of unbranched alkanes of at least 4 members (excludes halogenated alkanes) is 23. The number of carbonyl (C=O) groups is 1. The van der Waals surface area contributed by atoms with Gasteiger partial charge in [0.15, 0.2) is 0 Å². The third kappa shape index (κ3) is 25.7. The summed E-state index contributed by atoms with van der Waals surface area (Å²) in [6, 6.07) is 0. The van der Waals surface area contributed by atoms with Crippen LogP contribution in [0.1, 0.15) is 181 Å². The number of Topliss-reactive ketones (excluding diaryl/α,β-unsaturated/α-hetero) is 1. The number of hydrogen-bond acceptors (Lipinski definition) is 1. The zero-order valence-corrected chi connectivity index (χ0v) is 21.3. The maximum atomic E-state index is 11.2. The Morgan fingerprint density at radius 2 is 0.600 bits per heavy atom. The van der Waals surface area contributed by atoms with Crippen molar-refractivity contribution in [2.75, 3.05) is 0 Å². The van der Waals surface area contributed by atoms with Crippen LogP contribution in [0.3, 0.4) is 0 Å². The summed E-state index contributed by atoms with van der Waals surface area (Å²) < 4.78 is 0. The second kappa shape index (κ2) is 26.7. The summed E-state index contributed by atoms with van der Waals surface area (Å²) in [4.78, 5) is 11.2. The molecule has 0 amide bonds. The van der Waals surface area contributed by atoms with Gasteiger partial charge >= 0.3 is 0 Å². The fourth-order valence-electron chi connectivity index (χ4n) is 4.46. The predicted octanol–water partition coefficient (Wildman–Crippen LogP) is 10.7. The summed E-state index contributed by atoms with van der Waals surface area (Å²) >= 11 is 0. The molecule has 0 spiro atoms. The summed E-state index contributed by atoms with van der Waals surface area (Å²) in [5.41, 5.74) is 0. The molecule has 180 valence electrons. The van der Waals surface area contributed by atoms with Gasteiger partial charge in [-0.15, -0.1) is 0 Å². The lowest BCUT2D eigenvalue weighted by Gasteiger charge is -2.04. The third-order valence-electron chi connectivity index (χ3n) is 6.70. The van der Waals surface area contributed by atoms with E-state index in [2.05, 4.69) is 6.92 Å². The molecule has 0 rings (SSSR count). The molecule has 0 bridgehead atoms. The van der Waals surface area contributed by atoms with Gasteiger partial charge < -0.3 is 0 Å². The van der Waals surface area contributed by atoms with Gasteiger partial charge in [-0.2, -0.15) is 0 Å². The van der Waals surface area contributed by atoms with Gasteiger partial charge in [-0.25, -0.2) is 0 Å². The number of hydrogen-bond donors (Lipinski definition) is 0. The minimum atomic E-state index is 0.439. The van der Waals surface area contributed by atoms with E-state index < -0.39 is 0 Å². The molecule has 30 heavy (non-hydrogen) atoms. The van der Waals surface area contributed by atoms with E-state index in [0.29, 0.717) is 5.78 Å². The lowest BCUT2D eigenvalue weighted by Crippen LogP contribution is -1.94. The average molecular weight is 423 g/mol. The minimum absolute atomic E-state index is 0.439. The van der Waals surface area contributed by atoms with E-state index in [9.17, 15) is 4.79 Å². The highest BCUT2D eigenvalue weighted by Gasteiger charge is 1.98.